The van der Waals surface area contributed by atoms with Crippen LogP contribution in [0.5, 0.6) is 0 Å². The molecule has 0 N–H and O–H groups in total. The molecule has 0 amide bonds. The van der Waals surface area contributed by atoms with Crippen LogP contribution in [0.15, 0.2) is 60.9 Å². The van der Waals surface area contributed by atoms with Crippen molar-refractivity contribution in [2.45, 2.75) is 13.8 Å². The second-order valence-corrected chi connectivity index (χ2v) is 7.23. The largest absolute Gasteiger partial charge is 0.465 e. The lowest BCUT2D eigenvalue weighted by atomic mass is 9.98. The van der Waals surface area contributed by atoms with E-state index in [4.69, 9.17) is 14.6 Å². The molecule has 0 aliphatic heterocycles. The number of aromatic nitrogens is 4. The summed E-state index contributed by atoms with van der Waals surface area (Å²) >= 11 is 0. The van der Waals surface area contributed by atoms with Crippen molar-refractivity contribution in [3.8, 4) is 22.6 Å². The fourth-order valence-electron chi connectivity index (χ4n) is 3.79. The van der Waals surface area contributed by atoms with E-state index in [9.17, 15) is 9.59 Å². The Morgan fingerprint density at radius 2 is 1.66 bits per heavy atom. The highest BCUT2D eigenvalue weighted by molar-refractivity contribution is 6.07. The van der Waals surface area contributed by atoms with Crippen LogP contribution in [-0.2, 0) is 9.47 Å². The first-order valence-electron chi connectivity index (χ1n) is 9.93. The first-order chi connectivity index (χ1) is 15.5. The minimum absolute atomic E-state index is 0.00822. The highest BCUT2D eigenvalue weighted by Gasteiger charge is 2.32. The molecule has 0 bridgehead atoms. The Kier molecular flexibility index (Phi) is 5.59. The van der Waals surface area contributed by atoms with Crippen LogP contribution in [0.25, 0.3) is 22.6 Å². The lowest BCUT2D eigenvalue weighted by Crippen LogP contribution is -2.15. The summed E-state index contributed by atoms with van der Waals surface area (Å²) in [6, 6.07) is 14.8. The molecule has 0 radical (unpaired) electrons. The number of carbonyl (C=O) groups is 2. The molecule has 4 aromatic rings. The molecule has 4 rings (SSSR count). The number of rotatable bonds is 5. The summed E-state index contributed by atoms with van der Waals surface area (Å²) in [7, 11) is 2.53. The maximum atomic E-state index is 13.0. The Balaban J connectivity index is 2.12. The third-order valence-electron chi connectivity index (χ3n) is 5.09. The van der Waals surface area contributed by atoms with E-state index in [1.54, 1.807) is 23.0 Å². The summed E-state index contributed by atoms with van der Waals surface area (Å²) in [5.74, 6) is -1.38. The first kappa shape index (κ1) is 21.0. The average molecular weight is 430 g/mol. The highest BCUT2D eigenvalue weighted by Crippen LogP contribution is 2.35. The fourth-order valence-corrected chi connectivity index (χ4v) is 3.79. The van der Waals surface area contributed by atoms with Crippen molar-refractivity contribution >= 4 is 11.9 Å². The van der Waals surface area contributed by atoms with Gasteiger partial charge in [0.1, 0.15) is 11.3 Å². The van der Waals surface area contributed by atoms with Crippen LogP contribution in [0.3, 0.4) is 0 Å². The molecule has 8 heteroatoms. The van der Waals surface area contributed by atoms with Gasteiger partial charge in [-0.3, -0.25) is 0 Å². The Hall–Kier alpha value is -4.20. The molecular formula is C24H22N4O4. The quantitative estimate of drug-likeness (QED) is 0.446. The normalized spacial score (nSPS) is 10.8. The number of nitrogens with zero attached hydrogens (tertiary/aromatic N) is 4. The van der Waals surface area contributed by atoms with Gasteiger partial charge in [-0.2, -0.15) is 10.2 Å². The van der Waals surface area contributed by atoms with Crippen molar-refractivity contribution in [3.05, 3.63) is 83.3 Å². The van der Waals surface area contributed by atoms with Crippen molar-refractivity contribution < 1.29 is 19.1 Å². The van der Waals surface area contributed by atoms with E-state index >= 15 is 0 Å². The molecular weight excluding hydrogens is 408 g/mol. The van der Waals surface area contributed by atoms with Gasteiger partial charge in [-0.1, -0.05) is 29.8 Å². The second-order valence-electron chi connectivity index (χ2n) is 7.23. The van der Waals surface area contributed by atoms with Gasteiger partial charge in [-0.05, 0) is 43.7 Å². The number of benzene rings is 2. The molecule has 0 spiro atoms. The first-order valence-corrected chi connectivity index (χ1v) is 9.93. The number of carbonyl (C=O) groups excluding carboxylic acids is 2. The van der Waals surface area contributed by atoms with Gasteiger partial charge >= 0.3 is 11.9 Å². The Morgan fingerprint density at radius 1 is 0.938 bits per heavy atom. The van der Waals surface area contributed by atoms with E-state index < -0.39 is 11.9 Å². The molecule has 0 aliphatic carbocycles. The molecule has 0 unspecified atom stereocenters. The number of esters is 2. The number of ether oxygens (including phenoxy) is 2. The summed E-state index contributed by atoms with van der Waals surface area (Å²) in [6.07, 6.45) is 3.49. The lowest BCUT2D eigenvalue weighted by molar-refractivity contribution is 0.0549. The van der Waals surface area contributed by atoms with Gasteiger partial charge in [-0.15, -0.1) is 0 Å². The summed E-state index contributed by atoms with van der Waals surface area (Å²) < 4.78 is 13.2. The molecule has 0 fully saturated rings. The molecule has 8 nitrogen and oxygen atoms in total. The monoisotopic (exact) mass is 430 g/mol. The smallest absolute Gasteiger partial charge is 0.357 e. The molecule has 2 heterocycles. The molecule has 0 saturated heterocycles. The summed E-state index contributed by atoms with van der Waals surface area (Å²) in [5, 5.41) is 9.09. The molecule has 32 heavy (non-hydrogen) atoms. The van der Waals surface area contributed by atoms with Crippen molar-refractivity contribution in [2.75, 3.05) is 14.2 Å². The second kappa shape index (κ2) is 8.50. The standard InChI is InChI=1S/C24H22N4O4/c1-15-13-16(2)21(27-12-8-11-25-27)18(14-15)20-19(23(29)31-3)22(24(30)32-4)28(26-20)17-9-6-5-7-10-17/h5-14H,1-4H3. The number of aryl methyl sites for hydroxylation is 2. The Bertz CT molecular complexity index is 1290. The predicted molar refractivity (Wildman–Crippen MR) is 118 cm³/mol. The van der Waals surface area contributed by atoms with Crippen molar-refractivity contribution in [1.29, 1.82) is 0 Å². The number of para-hydroxylation sites is 1. The zero-order chi connectivity index (χ0) is 22.8. The van der Waals surface area contributed by atoms with E-state index in [-0.39, 0.29) is 11.3 Å². The third-order valence-corrected chi connectivity index (χ3v) is 5.09. The van der Waals surface area contributed by atoms with E-state index in [2.05, 4.69) is 5.10 Å². The molecule has 0 atom stereocenters. The van der Waals surface area contributed by atoms with Gasteiger partial charge in [0, 0.05) is 18.0 Å². The van der Waals surface area contributed by atoms with Gasteiger partial charge in [0.15, 0.2) is 5.69 Å². The van der Waals surface area contributed by atoms with Crippen molar-refractivity contribution in [1.82, 2.24) is 19.6 Å². The predicted octanol–water partition coefficient (Wildman–Crippen LogP) is 3.92. The Labute approximate surface area is 185 Å². The maximum Gasteiger partial charge on any atom is 0.357 e. The van der Waals surface area contributed by atoms with E-state index in [0.717, 1.165) is 16.8 Å². The van der Waals surface area contributed by atoms with Gasteiger partial charge in [0.2, 0.25) is 0 Å². The summed E-state index contributed by atoms with van der Waals surface area (Å²) in [6.45, 7) is 3.91. The van der Waals surface area contributed by atoms with Crippen LogP contribution >= 0.6 is 0 Å². The van der Waals surface area contributed by atoms with Gasteiger partial charge in [0.05, 0.1) is 25.6 Å². The molecule has 0 saturated carbocycles. The molecule has 162 valence electrons. The van der Waals surface area contributed by atoms with Crippen molar-refractivity contribution in [3.63, 3.8) is 0 Å². The fraction of sp³-hybridized carbons (Fsp3) is 0.167. The molecule has 2 aromatic heterocycles. The number of hydrogen-bond donors (Lipinski definition) is 0. The van der Waals surface area contributed by atoms with Gasteiger partial charge in [-0.25, -0.2) is 19.0 Å². The van der Waals surface area contributed by atoms with Crippen LogP contribution < -0.4 is 0 Å². The number of methoxy groups -OCH3 is 2. The zero-order valence-corrected chi connectivity index (χ0v) is 18.2. The number of hydrogen-bond acceptors (Lipinski definition) is 6. The van der Waals surface area contributed by atoms with E-state index in [1.165, 1.54) is 18.9 Å². The summed E-state index contributed by atoms with van der Waals surface area (Å²) in [5.41, 5.74) is 4.23. The highest BCUT2D eigenvalue weighted by atomic mass is 16.5. The SMILES string of the molecule is COC(=O)c1c(-c2cc(C)cc(C)c2-n2cccn2)nn(-c2ccccc2)c1C(=O)OC. The van der Waals surface area contributed by atoms with Crippen LogP contribution in [0.1, 0.15) is 32.0 Å². The molecule has 2 aromatic carbocycles. The molecule has 0 aliphatic rings. The minimum Gasteiger partial charge on any atom is -0.465 e. The Morgan fingerprint density at radius 3 is 2.28 bits per heavy atom. The van der Waals surface area contributed by atoms with E-state index in [0.29, 0.717) is 16.9 Å². The van der Waals surface area contributed by atoms with Gasteiger partial charge < -0.3 is 9.47 Å². The zero-order valence-electron chi connectivity index (χ0n) is 18.2. The van der Waals surface area contributed by atoms with Crippen LogP contribution in [-0.4, -0.2) is 45.7 Å². The third kappa shape index (κ3) is 3.56. The van der Waals surface area contributed by atoms with Crippen LogP contribution in [0.2, 0.25) is 0 Å². The van der Waals surface area contributed by atoms with E-state index in [1.807, 2.05) is 56.4 Å². The van der Waals surface area contributed by atoms with Gasteiger partial charge in [0.25, 0.3) is 0 Å². The summed E-state index contributed by atoms with van der Waals surface area (Å²) in [4.78, 5) is 25.8. The minimum atomic E-state index is -0.696. The topological polar surface area (TPSA) is 88.2 Å². The van der Waals surface area contributed by atoms with Crippen LogP contribution in [0.4, 0.5) is 0 Å². The van der Waals surface area contributed by atoms with Crippen LogP contribution in [0, 0.1) is 13.8 Å². The van der Waals surface area contributed by atoms with Crippen molar-refractivity contribution in [2.24, 2.45) is 0 Å². The average Bonchev–Trinajstić information content (AvgIpc) is 3.46. The lowest BCUT2D eigenvalue weighted by Gasteiger charge is -2.14. The maximum absolute atomic E-state index is 13.0.